The van der Waals surface area contributed by atoms with Crippen molar-refractivity contribution in [1.82, 2.24) is 9.97 Å². The number of halogens is 1. The topological polar surface area (TPSA) is 78.3 Å². The molecule has 0 aromatic carbocycles. The second-order valence-electron chi connectivity index (χ2n) is 3.23. The molecule has 0 fully saturated rings. The quantitative estimate of drug-likeness (QED) is 0.586. The Morgan fingerprint density at radius 1 is 1.43 bits per heavy atom. The summed E-state index contributed by atoms with van der Waals surface area (Å²) in [6, 6.07) is 1.09. The highest BCUT2D eigenvalue weighted by Crippen LogP contribution is 2.11. The highest BCUT2D eigenvalue weighted by molar-refractivity contribution is 5.35. The van der Waals surface area contributed by atoms with E-state index in [1.807, 2.05) is 0 Å². The molecule has 5 nitrogen and oxygen atoms in total. The van der Waals surface area contributed by atoms with Crippen LogP contribution in [0.2, 0.25) is 0 Å². The molecule has 0 radical (unpaired) electrons. The van der Waals surface area contributed by atoms with E-state index in [0.717, 1.165) is 12.4 Å². The van der Waals surface area contributed by atoms with Crippen LogP contribution in [0.15, 0.2) is 12.4 Å². The van der Waals surface area contributed by atoms with Crippen LogP contribution in [0.25, 0.3) is 0 Å². The van der Waals surface area contributed by atoms with Gasteiger partial charge in [0.25, 0.3) is 0 Å². The van der Waals surface area contributed by atoms with Gasteiger partial charge in [0.1, 0.15) is 12.1 Å². The van der Waals surface area contributed by atoms with Gasteiger partial charge in [-0.3, -0.25) is 0 Å². The smallest absolute Gasteiger partial charge is 0.217 e. The number of hydrogen-bond acceptors (Lipinski definition) is 5. The van der Waals surface area contributed by atoms with Gasteiger partial charge in [0.15, 0.2) is 0 Å². The fraction of sp³-hybridized carbons (Fsp3) is 0.500. The summed E-state index contributed by atoms with van der Waals surface area (Å²) in [7, 11) is 0. The lowest BCUT2D eigenvalue weighted by Crippen LogP contribution is -2.42. The molecule has 0 saturated carbocycles. The summed E-state index contributed by atoms with van der Waals surface area (Å²) in [5, 5.41) is 20.6. The van der Waals surface area contributed by atoms with Crippen LogP contribution in [-0.4, -0.2) is 38.9 Å². The van der Waals surface area contributed by atoms with E-state index in [2.05, 4.69) is 15.3 Å². The van der Waals surface area contributed by atoms with Crippen molar-refractivity contribution in [3.05, 3.63) is 18.3 Å². The van der Waals surface area contributed by atoms with Gasteiger partial charge in [0, 0.05) is 6.07 Å². The molecule has 6 heteroatoms. The molecule has 0 aliphatic heterocycles. The van der Waals surface area contributed by atoms with Crippen molar-refractivity contribution in [2.24, 2.45) is 0 Å². The molecule has 0 atom stereocenters. The molecule has 0 amide bonds. The zero-order valence-electron chi connectivity index (χ0n) is 7.74. The Morgan fingerprint density at radius 3 is 2.57 bits per heavy atom. The van der Waals surface area contributed by atoms with E-state index in [4.69, 9.17) is 10.2 Å². The summed E-state index contributed by atoms with van der Waals surface area (Å²) in [5.74, 6) is -0.441. The lowest BCUT2D eigenvalue weighted by molar-refractivity contribution is 0.147. The van der Waals surface area contributed by atoms with Crippen molar-refractivity contribution in [3.63, 3.8) is 0 Å². The van der Waals surface area contributed by atoms with E-state index in [1.54, 1.807) is 6.92 Å². The van der Waals surface area contributed by atoms with Crippen molar-refractivity contribution < 1.29 is 14.6 Å². The first kappa shape index (κ1) is 10.8. The lowest BCUT2D eigenvalue weighted by Gasteiger charge is -2.26. The molecule has 1 heterocycles. The van der Waals surface area contributed by atoms with Gasteiger partial charge in [-0.05, 0) is 6.92 Å². The van der Waals surface area contributed by atoms with Crippen LogP contribution in [-0.2, 0) is 0 Å². The second-order valence-corrected chi connectivity index (χ2v) is 3.23. The van der Waals surface area contributed by atoms with E-state index in [9.17, 15) is 4.39 Å². The molecule has 0 aliphatic rings. The molecule has 0 bridgehead atoms. The van der Waals surface area contributed by atoms with Gasteiger partial charge in [-0.2, -0.15) is 4.39 Å². The predicted octanol–water partition coefficient (Wildman–Crippen LogP) is -0.229. The lowest BCUT2D eigenvalue weighted by atomic mass is 10.1. The summed E-state index contributed by atoms with van der Waals surface area (Å²) >= 11 is 0. The van der Waals surface area contributed by atoms with Crippen molar-refractivity contribution in [2.75, 3.05) is 18.5 Å². The van der Waals surface area contributed by atoms with Crippen LogP contribution in [0.3, 0.4) is 0 Å². The van der Waals surface area contributed by atoms with Crippen LogP contribution in [0.1, 0.15) is 6.92 Å². The molecule has 0 unspecified atom stereocenters. The van der Waals surface area contributed by atoms with Crippen molar-refractivity contribution in [2.45, 2.75) is 12.5 Å². The minimum absolute atomic E-state index is 0.225. The first-order valence-electron chi connectivity index (χ1n) is 4.07. The van der Waals surface area contributed by atoms with E-state index in [1.165, 1.54) is 0 Å². The number of nitrogens with one attached hydrogen (secondary N) is 1. The normalized spacial score (nSPS) is 11.4. The first-order chi connectivity index (χ1) is 6.59. The first-order valence-corrected chi connectivity index (χ1v) is 4.07. The van der Waals surface area contributed by atoms with Crippen LogP contribution in [0.5, 0.6) is 0 Å². The summed E-state index contributed by atoms with van der Waals surface area (Å²) in [6.45, 7) is 1.03. The minimum Gasteiger partial charge on any atom is -0.394 e. The average molecular weight is 201 g/mol. The Bertz CT molecular complexity index is 304. The largest absolute Gasteiger partial charge is 0.394 e. The number of hydrogen-bond donors (Lipinski definition) is 3. The van der Waals surface area contributed by atoms with Gasteiger partial charge in [-0.25, -0.2) is 9.97 Å². The standard InChI is InChI=1S/C8H12FN3O2/c1-8(3-13,4-14)12-7-2-6(9)10-5-11-7/h2,5,13-14H,3-4H2,1H3,(H,10,11,12). The van der Waals surface area contributed by atoms with Gasteiger partial charge in [-0.15, -0.1) is 0 Å². The number of aromatic nitrogens is 2. The minimum atomic E-state index is -0.916. The molecule has 78 valence electrons. The Balaban J connectivity index is 2.77. The molecular formula is C8H12FN3O2. The fourth-order valence-corrected chi connectivity index (χ4v) is 0.840. The highest BCUT2D eigenvalue weighted by atomic mass is 19.1. The SMILES string of the molecule is CC(CO)(CO)Nc1cc(F)ncn1. The molecule has 3 N–H and O–H groups in total. The van der Waals surface area contributed by atoms with Crippen LogP contribution >= 0.6 is 0 Å². The number of aliphatic hydroxyl groups excluding tert-OH is 2. The monoisotopic (exact) mass is 201 g/mol. The van der Waals surface area contributed by atoms with Gasteiger partial charge < -0.3 is 15.5 Å². The summed E-state index contributed by atoms with van der Waals surface area (Å²) in [5.41, 5.74) is -0.916. The van der Waals surface area contributed by atoms with E-state index in [0.29, 0.717) is 0 Å². The maximum absolute atomic E-state index is 12.6. The Labute approximate surface area is 80.6 Å². The zero-order valence-corrected chi connectivity index (χ0v) is 7.74. The van der Waals surface area contributed by atoms with Crippen molar-refractivity contribution in [3.8, 4) is 0 Å². The third kappa shape index (κ3) is 2.61. The average Bonchev–Trinajstić information content (AvgIpc) is 2.18. The molecule has 1 rings (SSSR count). The number of aliphatic hydroxyl groups is 2. The van der Waals surface area contributed by atoms with Gasteiger partial charge in [0.2, 0.25) is 5.95 Å². The van der Waals surface area contributed by atoms with E-state index in [-0.39, 0.29) is 19.0 Å². The third-order valence-corrected chi connectivity index (χ3v) is 1.76. The molecule has 1 aromatic rings. The highest BCUT2D eigenvalue weighted by Gasteiger charge is 2.22. The predicted molar refractivity (Wildman–Crippen MR) is 48.2 cm³/mol. The molecule has 0 saturated heterocycles. The van der Waals surface area contributed by atoms with Crippen molar-refractivity contribution >= 4 is 5.82 Å². The second kappa shape index (κ2) is 4.30. The summed E-state index contributed by atoms with van der Waals surface area (Å²) in [6.07, 6.45) is 1.06. The van der Waals surface area contributed by atoms with Crippen molar-refractivity contribution in [1.29, 1.82) is 0 Å². The number of nitrogens with zero attached hydrogens (tertiary/aromatic N) is 2. The Morgan fingerprint density at radius 2 is 2.07 bits per heavy atom. The van der Waals surface area contributed by atoms with Gasteiger partial charge >= 0.3 is 0 Å². The zero-order chi connectivity index (χ0) is 10.6. The summed E-state index contributed by atoms with van der Waals surface area (Å²) < 4.78 is 12.6. The van der Waals surface area contributed by atoms with Gasteiger partial charge in [0.05, 0.1) is 18.8 Å². The fourth-order valence-electron chi connectivity index (χ4n) is 0.840. The van der Waals surface area contributed by atoms with Crippen LogP contribution in [0.4, 0.5) is 10.2 Å². The molecule has 1 aromatic heterocycles. The van der Waals surface area contributed by atoms with E-state index < -0.39 is 11.5 Å². The summed E-state index contributed by atoms with van der Waals surface area (Å²) in [4.78, 5) is 7.01. The molecule has 0 spiro atoms. The Kier molecular flexibility index (Phi) is 3.32. The number of rotatable bonds is 4. The maximum atomic E-state index is 12.6. The van der Waals surface area contributed by atoms with Crippen LogP contribution < -0.4 is 5.32 Å². The van der Waals surface area contributed by atoms with Crippen LogP contribution in [0, 0.1) is 5.95 Å². The number of anilines is 1. The van der Waals surface area contributed by atoms with E-state index >= 15 is 0 Å². The molecular weight excluding hydrogens is 189 g/mol. The molecule has 14 heavy (non-hydrogen) atoms. The van der Waals surface area contributed by atoms with Gasteiger partial charge in [-0.1, -0.05) is 0 Å². The molecule has 0 aliphatic carbocycles. The third-order valence-electron chi connectivity index (χ3n) is 1.76. The Hall–Kier alpha value is -1.27. The maximum Gasteiger partial charge on any atom is 0.217 e.